The molecule has 0 saturated carbocycles. The fourth-order valence-corrected chi connectivity index (χ4v) is 5.19. The van der Waals surface area contributed by atoms with Crippen molar-refractivity contribution in [2.45, 2.75) is 46.1 Å². The molecule has 33 heavy (non-hydrogen) atoms. The lowest BCUT2D eigenvalue weighted by molar-refractivity contribution is -0.126. The number of likely N-dealkylation sites (N-methyl/N-ethyl adjacent to an activating group) is 1. The Balaban J connectivity index is 1.35. The number of likely N-dealkylation sites (tertiary alicyclic amines) is 1. The lowest BCUT2D eigenvalue weighted by Crippen LogP contribution is -2.44. The number of amides is 1. The molecule has 1 aromatic carbocycles. The monoisotopic (exact) mass is 447 g/mol. The summed E-state index contributed by atoms with van der Waals surface area (Å²) in [4.78, 5) is 17.3. The molecule has 1 amide bonds. The molecule has 2 aliphatic rings. The molecule has 2 saturated heterocycles. The molecule has 4 heterocycles. The van der Waals surface area contributed by atoms with Gasteiger partial charge in [-0.1, -0.05) is 17.7 Å². The summed E-state index contributed by atoms with van der Waals surface area (Å²) in [7, 11) is 2.11. The van der Waals surface area contributed by atoms with Gasteiger partial charge in [0.25, 0.3) is 0 Å². The van der Waals surface area contributed by atoms with Crippen LogP contribution in [-0.2, 0) is 4.79 Å². The number of rotatable bonds is 4. The quantitative estimate of drug-likeness (QED) is 0.663. The first-order chi connectivity index (χ1) is 15.9. The average molecular weight is 448 g/mol. The van der Waals surface area contributed by atoms with E-state index in [4.69, 9.17) is 5.10 Å². The molecule has 0 radical (unpaired) electrons. The van der Waals surface area contributed by atoms with Crippen LogP contribution in [0.5, 0.6) is 0 Å². The van der Waals surface area contributed by atoms with Crippen molar-refractivity contribution in [3.8, 4) is 5.69 Å². The van der Waals surface area contributed by atoms with Gasteiger partial charge in [0.1, 0.15) is 5.52 Å². The van der Waals surface area contributed by atoms with Crippen LogP contribution in [0.15, 0.2) is 24.3 Å². The summed E-state index contributed by atoms with van der Waals surface area (Å²) in [5.74, 6) is 1.09. The SMILES string of the molecule is Cc1ccc(-n2nc3c(N4CCC(C(=O)N[C@H]5CCN(C)C5)CC4)nnc(C)c3c2C)cc1. The van der Waals surface area contributed by atoms with Crippen LogP contribution in [0, 0.1) is 26.7 Å². The van der Waals surface area contributed by atoms with E-state index in [1.165, 1.54) is 5.56 Å². The molecule has 1 N–H and O–H groups in total. The van der Waals surface area contributed by atoms with Crippen LogP contribution in [0.25, 0.3) is 16.6 Å². The van der Waals surface area contributed by atoms with Crippen LogP contribution >= 0.6 is 0 Å². The molecule has 5 rings (SSSR count). The number of carbonyl (C=O) groups excluding carboxylic acids is 1. The van der Waals surface area contributed by atoms with Gasteiger partial charge in [0.15, 0.2) is 5.82 Å². The predicted octanol–water partition coefficient (Wildman–Crippen LogP) is 2.78. The predicted molar refractivity (Wildman–Crippen MR) is 130 cm³/mol. The summed E-state index contributed by atoms with van der Waals surface area (Å²) in [6, 6.07) is 8.68. The number of hydrogen-bond acceptors (Lipinski definition) is 6. The van der Waals surface area contributed by atoms with Crippen LogP contribution in [-0.4, -0.2) is 70.1 Å². The van der Waals surface area contributed by atoms with Crippen molar-refractivity contribution in [2.75, 3.05) is 38.1 Å². The number of hydrogen-bond donors (Lipinski definition) is 1. The molecule has 0 unspecified atom stereocenters. The van der Waals surface area contributed by atoms with E-state index in [1.807, 2.05) is 11.6 Å². The molecule has 8 nitrogen and oxygen atoms in total. The zero-order chi connectivity index (χ0) is 23.1. The van der Waals surface area contributed by atoms with Gasteiger partial charge in [-0.15, -0.1) is 5.10 Å². The number of anilines is 1. The lowest BCUT2D eigenvalue weighted by atomic mass is 9.95. The van der Waals surface area contributed by atoms with Gasteiger partial charge in [-0.05, 0) is 65.8 Å². The first-order valence-electron chi connectivity index (χ1n) is 11.9. The summed E-state index contributed by atoms with van der Waals surface area (Å²) in [5.41, 5.74) is 5.10. The van der Waals surface area contributed by atoms with Gasteiger partial charge in [0.2, 0.25) is 5.91 Å². The highest BCUT2D eigenvalue weighted by atomic mass is 16.2. The normalized spacial score (nSPS) is 20.0. The number of nitrogens with zero attached hydrogens (tertiary/aromatic N) is 6. The molecule has 1 atom stereocenters. The van der Waals surface area contributed by atoms with Crippen LogP contribution in [0.4, 0.5) is 5.82 Å². The van der Waals surface area contributed by atoms with Crippen molar-refractivity contribution in [1.82, 2.24) is 30.2 Å². The summed E-state index contributed by atoms with van der Waals surface area (Å²) >= 11 is 0. The Bertz CT molecular complexity index is 1160. The zero-order valence-corrected chi connectivity index (χ0v) is 20.0. The van der Waals surface area contributed by atoms with Crippen LogP contribution < -0.4 is 10.2 Å². The molecule has 0 spiro atoms. The van der Waals surface area contributed by atoms with Gasteiger partial charge >= 0.3 is 0 Å². The zero-order valence-electron chi connectivity index (χ0n) is 20.0. The molecule has 2 aliphatic heterocycles. The second-order valence-electron chi connectivity index (χ2n) is 9.68. The second kappa shape index (κ2) is 8.74. The fraction of sp³-hybridized carbons (Fsp3) is 0.520. The fourth-order valence-electron chi connectivity index (χ4n) is 5.19. The topological polar surface area (TPSA) is 79.2 Å². The maximum atomic E-state index is 12.8. The Hall–Kier alpha value is -3.00. The number of aryl methyl sites for hydroxylation is 3. The Morgan fingerprint density at radius 1 is 1.00 bits per heavy atom. The maximum Gasteiger partial charge on any atom is 0.223 e. The minimum absolute atomic E-state index is 0.0629. The minimum atomic E-state index is 0.0629. The lowest BCUT2D eigenvalue weighted by Gasteiger charge is -2.32. The van der Waals surface area contributed by atoms with Crippen molar-refractivity contribution in [1.29, 1.82) is 0 Å². The van der Waals surface area contributed by atoms with Gasteiger partial charge in [0, 0.05) is 31.6 Å². The number of benzene rings is 1. The molecule has 3 aromatic rings. The van der Waals surface area contributed by atoms with Crippen molar-refractivity contribution in [3.05, 3.63) is 41.2 Å². The van der Waals surface area contributed by atoms with Crippen LogP contribution in [0.1, 0.15) is 36.2 Å². The second-order valence-corrected chi connectivity index (χ2v) is 9.68. The van der Waals surface area contributed by atoms with E-state index in [0.29, 0.717) is 0 Å². The highest BCUT2D eigenvalue weighted by molar-refractivity contribution is 5.92. The smallest absolute Gasteiger partial charge is 0.223 e. The number of aromatic nitrogens is 4. The highest BCUT2D eigenvalue weighted by Gasteiger charge is 2.30. The first kappa shape index (κ1) is 21.8. The Morgan fingerprint density at radius 3 is 2.39 bits per heavy atom. The van der Waals surface area contributed by atoms with E-state index in [1.54, 1.807) is 0 Å². The summed E-state index contributed by atoms with van der Waals surface area (Å²) in [6.45, 7) is 9.74. The number of carbonyl (C=O) groups is 1. The van der Waals surface area contributed by atoms with Gasteiger partial charge in [-0.3, -0.25) is 4.79 Å². The third kappa shape index (κ3) is 4.19. The van der Waals surface area contributed by atoms with Gasteiger partial charge in [-0.2, -0.15) is 10.2 Å². The molecule has 0 bridgehead atoms. The molecular weight excluding hydrogens is 414 g/mol. The summed E-state index contributed by atoms with van der Waals surface area (Å²) < 4.78 is 1.99. The van der Waals surface area contributed by atoms with E-state index >= 15 is 0 Å². The Labute approximate surface area is 195 Å². The number of piperidine rings is 1. The van der Waals surface area contributed by atoms with E-state index in [0.717, 1.165) is 79.2 Å². The molecule has 174 valence electrons. The van der Waals surface area contributed by atoms with Crippen molar-refractivity contribution in [3.63, 3.8) is 0 Å². The van der Waals surface area contributed by atoms with Gasteiger partial charge in [0.05, 0.1) is 22.5 Å². The van der Waals surface area contributed by atoms with E-state index in [9.17, 15) is 4.79 Å². The van der Waals surface area contributed by atoms with Crippen LogP contribution in [0.3, 0.4) is 0 Å². The largest absolute Gasteiger partial charge is 0.353 e. The molecular formula is C25H33N7O. The van der Waals surface area contributed by atoms with E-state index in [-0.39, 0.29) is 17.9 Å². The van der Waals surface area contributed by atoms with Crippen LogP contribution in [0.2, 0.25) is 0 Å². The molecule has 2 fully saturated rings. The number of nitrogens with one attached hydrogen (secondary N) is 1. The third-order valence-electron chi connectivity index (χ3n) is 7.17. The molecule has 8 heteroatoms. The van der Waals surface area contributed by atoms with Gasteiger partial charge in [-0.25, -0.2) is 4.68 Å². The summed E-state index contributed by atoms with van der Waals surface area (Å²) in [6.07, 6.45) is 2.69. The van der Waals surface area contributed by atoms with Crippen molar-refractivity contribution < 1.29 is 4.79 Å². The highest BCUT2D eigenvalue weighted by Crippen LogP contribution is 2.31. The first-order valence-corrected chi connectivity index (χ1v) is 11.9. The van der Waals surface area contributed by atoms with Crippen molar-refractivity contribution >= 4 is 22.6 Å². The summed E-state index contributed by atoms with van der Waals surface area (Å²) in [5, 5.41) is 18.3. The van der Waals surface area contributed by atoms with E-state index in [2.05, 4.69) is 70.5 Å². The van der Waals surface area contributed by atoms with E-state index < -0.39 is 0 Å². The third-order valence-corrected chi connectivity index (χ3v) is 7.17. The Morgan fingerprint density at radius 2 is 1.73 bits per heavy atom. The maximum absolute atomic E-state index is 12.8. The standard InChI is InChI=1S/C25H33N7O/c1-16-5-7-21(8-6-16)32-18(3)22-17(2)27-28-24(23(22)29-32)31-13-9-19(10-14-31)25(33)26-20-11-12-30(4)15-20/h5-8,19-20H,9-15H2,1-4H3,(H,26,33)/t20-/m0/s1. The number of fused-ring (bicyclic) bond motifs is 1. The average Bonchev–Trinajstić information content (AvgIpc) is 3.38. The molecule has 0 aliphatic carbocycles. The Kier molecular flexibility index (Phi) is 5.78. The minimum Gasteiger partial charge on any atom is -0.353 e. The van der Waals surface area contributed by atoms with Gasteiger partial charge < -0.3 is 15.1 Å². The van der Waals surface area contributed by atoms with Crippen molar-refractivity contribution in [2.24, 2.45) is 5.92 Å². The molecule has 2 aromatic heterocycles.